The van der Waals surface area contributed by atoms with Crippen LogP contribution < -0.4 is 11.3 Å². The number of aromatic carboxylic acids is 2. The Labute approximate surface area is 146 Å². The summed E-state index contributed by atoms with van der Waals surface area (Å²) in [5.41, 5.74) is -2.33. The first-order chi connectivity index (χ1) is 12.5. The van der Waals surface area contributed by atoms with E-state index in [1.165, 1.54) is 0 Å². The van der Waals surface area contributed by atoms with Crippen molar-refractivity contribution in [2.24, 2.45) is 0 Å². The molecule has 1 aromatic heterocycles. The third-order valence-corrected chi connectivity index (χ3v) is 3.42. The molecule has 0 saturated heterocycles. The molecule has 1 heterocycles. The van der Waals surface area contributed by atoms with E-state index in [0.29, 0.717) is 12.1 Å². The number of nitrogen functional groups attached to an aromatic ring is 1. The van der Waals surface area contributed by atoms with Gasteiger partial charge in [0, 0.05) is 17.2 Å². The zero-order valence-corrected chi connectivity index (χ0v) is 12.8. The minimum Gasteiger partial charge on any atom is -0.502 e. The van der Waals surface area contributed by atoms with E-state index in [4.69, 9.17) is 5.73 Å². The number of nitro groups is 2. The number of benzene rings is 1. The average Bonchev–Trinajstić information content (AvgIpc) is 2.52. The number of hydrogen-bond acceptors (Lipinski definition) is 9. The molecule has 14 heteroatoms. The molecule has 2 rings (SSSR count). The number of carboxylic acids is 2. The van der Waals surface area contributed by atoms with Gasteiger partial charge in [0.25, 0.3) is 11.2 Å². The number of aromatic nitrogens is 1. The van der Waals surface area contributed by atoms with E-state index in [9.17, 15) is 49.9 Å². The molecular weight excluding hydrogens is 372 g/mol. The lowest BCUT2D eigenvalue weighted by Gasteiger charge is -2.13. The number of aromatic amines is 1. The van der Waals surface area contributed by atoms with Crippen LogP contribution in [0.15, 0.2) is 16.9 Å². The molecule has 0 saturated carbocycles. The summed E-state index contributed by atoms with van der Waals surface area (Å²) in [5, 5.41) is 50.7. The lowest BCUT2D eigenvalue weighted by atomic mass is 9.93. The highest BCUT2D eigenvalue weighted by atomic mass is 16.6. The highest BCUT2D eigenvalue weighted by Crippen LogP contribution is 2.43. The normalized spacial score (nSPS) is 10.4. The van der Waals surface area contributed by atoms with Crippen molar-refractivity contribution in [3.8, 4) is 16.9 Å². The standard InChI is InChI=1S/C13H8N4O10/c14-10-7(12(20)21)6(8(13(22)23)11(19)15-10)4-1-3(16(24)25)2-5(9(4)18)17(26)27/h1-2,18H,(H,20,21)(H,22,23)(H3,14,15,19). The van der Waals surface area contributed by atoms with Gasteiger partial charge in [-0.25, -0.2) is 9.59 Å². The fourth-order valence-corrected chi connectivity index (χ4v) is 2.36. The number of H-pyrrole nitrogens is 1. The summed E-state index contributed by atoms with van der Waals surface area (Å²) >= 11 is 0. The highest BCUT2D eigenvalue weighted by molar-refractivity contribution is 6.08. The van der Waals surface area contributed by atoms with Gasteiger partial charge in [-0.05, 0) is 0 Å². The van der Waals surface area contributed by atoms with Crippen molar-refractivity contribution in [3.05, 3.63) is 53.8 Å². The summed E-state index contributed by atoms with van der Waals surface area (Å²) in [6.45, 7) is 0. The number of carbonyl (C=O) groups is 2. The third kappa shape index (κ3) is 3.09. The van der Waals surface area contributed by atoms with Gasteiger partial charge in [-0.2, -0.15) is 0 Å². The van der Waals surface area contributed by atoms with Gasteiger partial charge >= 0.3 is 17.6 Å². The zero-order chi connectivity index (χ0) is 20.6. The van der Waals surface area contributed by atoms with Gasteiger partial charge in [-0.3, -0.25) is 25.0 Å². The molecule has 0 amide bonds. The maximum Gasteiger partial charge on any atom is 0.342 e. The number of nitrogens with one attached hydrogen (secondary N) is 1. The number of pyridine rings is 1. The van der Waals surface area contributed by atoms with Gasteiger partial charge in [0.1, 0.15) is 16.9 Å². The number of phenols is 1. The molecule has 14 nitrogen and oxygen atoms in total. The summed E-state index contributed by atoms with van der Waals surface area (Å²) in [7, 11) is 0. The van der Waals surface area contributed by atoms with Crippen molar-refractivity contribution in [2.45, 2.75) is 0 Å². The SMILES string of the molecule is Nc1[nH]c(=O)c(C(=O)O)c(-c2cc([N+](=O)[O-])cc([N+](=O)[O-])c2O)c1C(=O)O. The number of carboxylic acid groups (broad SMARTS) is 2. The predicted molar refractivity (Wildman–Crippen MR) is 85.8 cm³/mol. The van der Waals surface area contributed by atoms with Gasteiger partial charge in [0.05, 0.1) is 15.9 Å². The summed E-state index contributed by atoms with van der Waals surface area (Å²) in [6, 6.07) is 0.881. The first-order valence-electron chi connectivity index (χ1n) is 6.65. The molecule has 27 heavy (non-hydrogen) atoms. The second-order valence-corrected chi connectivity index (χ2v) is 4.98. The number of aromatic hydroxyl groups is 1. The highest BCUT2D eigenvalue weighted by Gasteiger charge is 2.32. The van der Waals surface area contributed by atoms with Crippen molar-refractivity contribution in [3.63, 3.8) is 0 Å². The third-order valence-electron chi connectivity index (χ3n) is 3.42. The first kappa shape index (κ1) is 18.8. The van der Waals surface area contributed by atoms with Crippen LogP contribution in [0.4, 0.5) is 17.2 Å². The van der Waals surface area contributed by atoms with Crippen molar-refractivity contribution in [1.82, 2.24) is 4.98 Å². The molecule has 0 atom stereocenters. The Balaban J connectivity index is 3.17. The molecule has 0 aliphatic rings. The van der Waals surface area contributed by atoms with E-state index in [1.807, 2.05) is 0 Å². The van der Waals surface area contributed by atoms with Crippen LogP contribution in [-0.4, -0.2) is 42.1 Å². The number of nitro benzene ring substituents is 2. The number of non-ortho nitro benzene ring substituents is 1. The molecule has 1 aromatic carbocycles. The monoisotopic (exact) mass is 380 g/mol. The number of nitrogens with two attached hydrogens (primary N) is 1. The van der Waals surface area contributed by atoms with Crippen LogP contribution in [0.3, 0.4) is 0 Å². The van der Waals surface area contributed by atoms with Crippen LogP contribution in [0.2, 0.25) is 0 Å². The number of hydrogen-bond donors (Lipinski definition) is 5. The van der Waals surface area contributed by atoms with Crippen LogP contribution in [-0.2, 0) is 0 Å². The average molecular weight is 380 g/mol. The molecule has 0 spiro atoms. The van der Waals surface area contributed by atoms with E-state index >= 15 is 0 Å². The van der Waals surface area contributed by atoms with E-state index in [1.54, 1.807) is 4.98 Å². The Hall–Kier alpha value is -4.49. The molecule has 6 N–H and O–H groups in total. The Bertz CT molecular complexity index is 1090. The molecule has 0 aliphatic carbocycles. The predicted octanol–water partition coefficient (Wildman–Crippen LogP) is 0.543. The molecule has 0 fully saturated rings. The minimum absolute atomic E-state index is 0.385. The van der Waals surface area contributed by atoms with Crippen molar-refractivity contribution < 1.29 is 34.8 Å². The zero-order valence-electron chi connectivity index (χ0n) is 12.8. The molecule has 0 aliphatic heterocycles. The fraction of sp³-hybridized carbons (Fsp3) is 0. The Kier molecular flexibility index (Phi) is 4.49. The van der Waals surface area contributed by atoms with Crippen LogP contribution in [0.5, 0.6) is 5.75 Å². The molecule has 2 aromatic rings. The Morgan fingerprint density at radius 2 is 1.59 bits per heavy atom. The van der Waals surface area contributed by atoms with Gasteiger partial charge in [0.2, 0.25) is 5.75 Å². The molecule has 0 bridgehead atoms. The van der Waals surface area contributed by atoms with E-state index in [0.717, 1.165) is 0 Å². The summed E-state index contributed by atoms with van der Waals surface area (Å²) < 4.78 is 0. The molecular formula is C13H8N4O10. The van der Waals surface area contributed by atoms with Gasteiger partial charge in [-0.15, -0.1) is 0 Å². The van der Waals surface area contributed by atoms with E-state index in [-0.39, 0.29) is 0 Å². The van der Waals surface area contributed by atoms with Gasteiger partial charge in [-0.1, -0.05) is 0 Å². The largest absolute Gasteiger partial charge is 0.502 e. The topological polar surface area (TPSA) is 240 Å². The molecule has 0 unspecified atom stereocenters. The van der Waals surface area contributed by atoms with Crippen LogP contribution in [0.1, 0.15) is 20.7 Å². The quantitative estimate of drug-likeness (QED) is 0.354. The van der Waals surface area contributed by atoms with Crippen molar-refractivity contribution >= 4 is 29.1 Å². The van der Waals surface area contributed by atoms with Crippen LogP contribution in [0, 0.1) is 20.2 Å². The van der Waals surface area contributed by atoms with Gasteiger partial charge < -0.3 is 26.0 Å². The first-order valence-corrected chi connectivity index (χ1v) is 6.65. The molecule has 0 radical (unpaired) electrons. The van der Waals surface area contributed by atoms with Gasteiger partial charge in [0.15, 0.2) is 0 Å². The van der Waals surface area contributed by atoms with E-state index in [2.05, 4.69) is 0 Å². The second-order valence-electron chi connectivity index (χ2n) is 4.98. The van der Waals surface area contributed by atoms with Crippen molar-refractivity contribution in [1.29, 1.82) is 0 Å². The fourth-order valence-electron chi connectivity index (χ4n) is 2.36. The second kappa shape index (κ2) is 6.43. The molecule has 140 valence electrons. The number of anilines is 1. The van der Waals surface area contributed by atoms with Crippen molar-refractivity contribution in [2.75, 3.05) is 5.73 Å². The lowest BCUT2D eigenvalue weighted by molar-refractivity contribution is -0.394. The van der Waals surface area contributed by atoms with Crippen LogP contribution >= 0.6 is 0 Å². The van der Waals surface area contributed by atoms with E-state index < -0.39 is 72.5 Å². The summed E-state index contributed by atoms with van der Waals surface area (Å²) in [4.78, 5) is 56.5. The summed E-state index contributed by atoms with van der Waals surface area (Å²) in [6.07, 6.45) is 0. The lowest BCUT2D eigenvalue weighted by Crippen LogP contribution is -2.24. The minimum atomic E-state index is -1.96. The Morgan fingerprint density at radius 1 is 1.04 bits per heavy atom. The smallest absolute Gasteiger partial charge is 0.342 e. The number of rotatable bonds is 5. The maximum absolute atomic E-state index is 11.9. The summed E-state index contributed by atoms with van der Waals surface area (Å²) in [5.74, 6) is -5.90. The maximum atomic E-state index is 11.9. The number of phenolic OH excluding ortho intramolecular Hbond substituents is 1. The Morgan fingerprint density at radius 3 is 2.04 bits per heavy atom. The van der Waals surface area contributed by atoms with Crippen LogP contribution in [0.25, 0.3) is 11.1 Å². The number of nitrogens with zero attached hydrogens (tertiary/aromatic N) is 2.